The first-order valence-electron chi connectivity index (χ1n) is 4.12. The molecule has 0 radical (unpaired) electrons. The number of nitrogens with zero attached hydrogens (tertiary/aromatic N) is 2. The van der Waals surface area contributed by atoms with Crippen molar-refractivity contribution in [3.8, 4) is 17.2 Å². The number of rotatable bonds is 2. The summed E-state index contributed by atoms with van der Waals surface area (Å²) in [4.78, 5) is 4.08. The van der Waals surface area contributed by atoms with Crippen LogP contribution in [0.4, 0.5) is 5.69 Å². The highest BCUT2D eigenvalue weighted by Gasteiger charge is 2.14. The summed E-state index contributed by atoms with van der Waals surface area (Å²) in [6, 6.07) is 1.81. The van der Waals surface area contributed by atoms with E-state index in [4.69, 9.17) is 15.0 Å². The Morgan fingerprint density at radius 2 is 2.27 bits per heavy atom. The number of halogens is 1. The van der Waals surface area contributed by atoms with E-state index in [2.05, 4.69) is 26.1 Å². The average Bonchev–Trinajstić information content (AvgIpc) is 2.64. The Morgan fingerprint density at radius 3 is 2.87 bits per heavy atom. The van der Waals surface area contributed by atoms with Crippen LogP contribution in [0.3, 0.4) is 0 Å². The standard InChI is InChI=1S/C9H8BrN3O2/c1-14-9-6(2-5(10)3-12-9)8-7(11)4-13-15-8/h2-4H,11H2,1H3. The van der Waals surface area contributed by atoms with Gasteiger partial charge in [-0.15, -0.1) is 0 Å². The number of nitrogens with two attached hydrogens (primary N) is 1. The van der Waals surface area contributed by atoms with Crippen LogP contribution in [0.15, 0.2) is 27.5 Å². The molecule has 15 heavy (non-hydrogen) atoms. The molecule has 0 bridgehead atoms. The van der Waals surface area contributed by atoms with Crippen molar-refractivity contribution in [1.29, 1.82) is 0 Å². The van der Waals surface area contributed by atoms with Gasteiger partial charge in [0.2, 0.25) is 5.88 Å². The number of pyridine rings is 1. The Kier molecular flexibility index (Phi) is 2.59. The summed E-state index contributed by atoms with van der Waals surface area (Å²) in [7, 11) is 1.53. The first kappa shape index (κ1) is 9.97. The summed E-state index contributed by atoms with van der Waals surface area (Å²) in [5, 5.41) is 3.60. The second-order valence-electron chi connectivity index (χ2n) is 2.82. The maximum Gasteiger partial charge on any atom is 0.224 e. The molecule has 0 saturated carbocycles. The van der Waals surface area contributed by atoms with Gasteiger partial charge in [-0.3, -0.25) is 0 Å². The summed E-state index contributed by atoms with van der Waals surface area (Å²) in [6.07, 6.45) is 3.07. The molecular weight excluding hydrogens is 262 g/mol. The molecule has 0 aliphatic rings. The molecular formula is C9H8BrN3O2. The van der Waals surface area contributed by atoms with Crippen LogP contribution >= 0.6 is 15.9 Å². The van der Waals surface area contributed by atoms with E-state index < -0.39 is 0 Å². The SMILES string of the molecule is COc1ncc(Br)cc1-c1oncc1N. The fraction of sp³-hybridized carbons (Fsp3) is 0.111. The number of ether oxygens (including phenoxy) is 1. The van der Waals surface area contributed by atoms with Crippen LogP contribution in [0.5, 0.6) is 5.88 Å². The third kappa shape index (κ3) is 1.80. The van der Waals surface area contributed by atoms with Crippen molar-refractivity contribution < 1.29 is 9.26 Å². The van der Waals surface area contributed by atoms with E-state index in [9.17, 15) is 0 Å². The van der Waals surface area contributed by atoms with E-state index in [-0.39, 0.29) is 0 Å². The lowest BCUT2D eigenvalue weighted by molar-refractivity contribution is 0.392. The smallest absolute Gasteiger partial charge is 0.224 e. The van der Waals surface area contributed by atoms with Gasteiger partial charge in [-0.05, 0) is 22.0 Å². The van der Waals surface area contributed by atoms with Crippen LogP contribution in [0.1, 0.15) is 0 Å². The van der Waals surface area contributed by atoms with Gasteiger partial charge in [0.15, 0.2) is 5.76 Å². The molecule has 2 heterocycles. The van der Waals surface area contributed by atoms with E-state index in [1.54, 1.807) is 6.20 Å². The largest absolute Gasteiger partial charge is 0.480 e. The summed E-state index contributed by atoms with van der Waals surface area (Å²) < 4.78 is 10.9. The second kappa shape index (κ2) is 3.90. The van der Waals surface area contributed by atoms with Crippen molar-refractivity contribution in [1.82, 2.24) is 10.1 Å². The molecule has 0 aromatic carbocycles. The van der Waals surface area contributed by atoms with E-state index in [0.29, 0.717) is 22.9 Å². The first-order chi connectivity index (χ1) is 7.22. The van der Waals surface area contributed by atoms with Crippen LogP contribution in [0.2, 0.25) is 0 Å². The molecule has 78 valence electrons. The van der Waals surface area contributed by atoms with Crippen LogP contribution in [-0.4, -0.2) is 17.3 Å². The Hall–Kier alpha value is -1.56. The van der Waals surface area contributed by atoms with Gasteiger partial charge in [0.25, 0.3) is 0 Å². The molecule has 5 nitrogen and oxygen atoms in total. The van der Waals surface area contributed by atoms with E-state index in [1.165, 1.54) is 13.3 Å². The maximum atomic E-state index is 5.69. The molecule has 0 saturated heterocycles. The molecule has 2 rings (SSSR count). The minimum atomic E-state index is 0.446. The third-order valence-corrected chi connectivity index (χ3v) is 2.29. The Labute approximate surface area is 94.4 Å². The van der Waals surface area contributed by atoms with E-state index in [1.807, 2.05) is 6.07 Å². The molecule has 2 aromatic rings. The van der Waals surface area contributed by atoms with Crippen LogP contribution in [0.25, 0.3) is 11.3 Å². The molecule has 2 N–H and O–H groups in total. The maximum absolute atomic E-state index is 5.69. The van der Waals surface area contributed by atoms with Gasteiger partial charge < -0.3 is 15.0 Å². The summed E-state index contributed by atoms with van der Waals surface area (Å²) in [5.74, 6) is 0.905. The number of hydrogen-bond donors (Lipinski definition) is 1. The highest BCUT2D eigenvalue weighted by atomic mass is 79.9. The van der Waals surface area contributed by atoms with Gasteiger partial charge >= 0.3 is 0 Å². The Bertz CT molecular complexity index is 484. The van der Waals surface area contributed by atoms with Crippen LogP contribution in [-0.2, 0) is 0 Å². The molecule has 6 heteroatoms. The number of hydrogen-bond acceptors (Lipinski definition) is 5. The zero-order valence-corrected chi connectivity index (χ0v) is 9.48. The van der Waals surface area contributed by atoms with E-state index >= 15 is 0 Å². The topological polar surface area (TPSA) is 74.2 Å². The monoisotopic (exact) mass is 269 g/mol. The van der Waals surface area contributed by atoms with Gasteiger partial charge in [-0.25, -0.2) is 4.98 Å². The van der Waals surface area contributed by atoms with Gasteiger partial charge in [-0.1, -0.05) is 5.16 Å². The molecule has 0 amide bonds. The van der Waals surface area contributed by atoms with Gasteiger partial charge in [-0.2, -0.15) is 0 Å². The lowest BCUT2D eigenvalue weighted by Gasteiger charge is -2.04. The van der Waals surface area contributed by atoms with Crippen molar-refractivity contribution in [3.63, 3.8) is 0 Å². The zero-order chi connectivity index (χ0) is 10.8. The highest BCUT2D eigenvalue weighted by Crippen LogP contribution is 2.33. The second-order valence-corrected chi connectivity index (χ2v) is 3.74. The fourth-order valence-corrected chi connectivity index (χ4v) is 1.54. The zero-order valence-electron chi connectivity index (χ0n) is 7.90. The van der Waals surface area contributed by atoms with Crippen molar-refractivity contribution in [2.75, 3.05) is 12.8 Å². The summed E-state index contributed by atoms with van der Waals surface area (Å²) >= 11 is 3.31. The lowest BCUT2D eigenvalue weighted by Crippen LogP contribution is -1.92. The molecule has 0 aliphatic heterocycles. The van der Waals surface area contributed by atoms with Crippen molar-refractivity contribution in [2.45, 2.75) is 0 Å². The van der Waals surface area contributed by atoms with Crippen molar-refractivity contribution >= 4 is 21.6 Å². The first-order valence-corrected chi connectivity index (χ1v) is 4.91. The molecule has 2 aromatic heterocycles. The number of nitrogen functional groups attached to an aromatic ring is 1. The summed E-state index contributed by atoms with van der Waals surface area (Å²) in [5.41, 5.74) is 6.81. The predicted molar refractivity (Wildman–Crippen MR) is 58.4 cm³/mol. The minimum absolute atomic E-state index is 0.446. The number of methoxy groups -OCH3 is 1. The van der Waals surface area contributed by atoms with Crippen molar-refractivity contribution in [2.24, 2.45) is 0 Å². The Balaban J connectivity index is 2.60. The normalized spacial score (nSPS) is 10.3. The number of aromatic nitrogens is 2. The minimum Gasteiger partial charge on any atom is -0.480 e. The van der Waals surface area contributed by atoms with Crippen LogP contribution < -0.4 is 10.5 Å². The summed E-state index contributed by atoms with van der Waals surface area (Å²) in [6.45, 7) is 0. The fourth-order valence-electron chi connectivity index (χ4n) is 1.20. The highest BCUT2D eigenvalue weighted by molar-refractivity contribution is 9.10. The van der Waals surface area contributed by atoms with E-state index in [0.717, 1.165) is 4.47 Å². The average molecular weight is 270 g/mol. The number of anilines is 1. The molecule has 0 atom stereocenters. The third-order valence-electron chi connectivity index (χ3n) is 1.85. The predicted octanol–water partition coefficient (Wildman–Crippen LogP) is 2.09. The molecule has 0 unspecified atom stereocenters. The van der Waals surface area contributed by atoms with Crippen molar-refractivity contribution in [3.05, 3.63) is 22.9 Å². The lowest BCUT2D eigenvalue weighted by atomic mass is 10.2. The molecule has 0 spiro atoms. The molecule has 0 aliphatic carbocycles. The van der Waals surface area contributed by atoms with Gasteiger partial charge in [0.05, 0.1) is 18.9 Å². The molecule has 0 fully saturated rings. The van der Waals surface area contributed by atoms with Gasteiger partial charge in [0.1, 0.15) is 5.69 Å². The van der Waals surface area contributed by atoms with Crippen LogP contribution in [0, 0.1) is 0 Å². The Morgan fingerprint density at radius 1 is 1.47 bits per heavy atom. The van der Waals surface area contributed by atoms with Gasteiger partial charge in [0, 0.05) is 10.7 Å². The quantitative estimate of drug-likeness (QED) is 0.904.